The quantitative estimate of drug-likeness (QED) is 0.212. The van der Waals surface area contributed by atoms with E-state index in [1.54, 1.807) is 23.6 Å². The van der Waals surface area contributed by atoms with Crippen molar-refractivity contribution in [1.29, 1.82) is 0 Å². The Morgan fingerprint density at radius 1 is 0.962 bits per heavy atom. The van der Waals surface area contributed by atoms with E-state index in [1.165, 1.54) is 12.1 Å². The summed E-state index contributed by atoms with van der Waals surface area (Å²) in [5.74, 6) is 1.17. The van der Waals surface area contributed by atoms with Gasteiger partial charge < -0.3 is 0 Å². The number of hydrogen-bond donors (Lipinski definition) is 3. The lowest BCUT2D eigenvalue weighted by Gasteiger charge is -2.20. The van der Waals surface area contributed by atoms with Crippen LogP contribution < -0.4 is 16.7 Å². The number of imide groups is 1. The predicted octanol–water partition coefficient (Wildman–Crippen LogP) is 1.43. The van der Waals surface area contributed by atoms with E-state index in [9.17, 15) is 19.2 Å². The molecule has 0 saturated heterocycles. The molecule has 0 unspecified atom stereocenters. The lowest BCUT2D eigenvalue weighted by Crippen LogP contribution is -2.55. The monoisotopic (exact) mass is 362 g/mol. The van der Waals surface area contributed by atoms with Crippen LogP contribution in [-0.4, -0.2) is 28.6 Å². The molecule has 0 aliphatic heterocycles. The highest BCUT2D eigenvalue weighted by Crippen LogP contribution is 2.08. The largest absolute Gasteiger partial charge is 0.339 e. The molecule has 0 aliphatic carbocycles. The SMILES string of the molecule is CCCCCCCCC(=O)NN(C(=O)C(=O)NN)C(=O)c1ccccc1. The maximum absolute atomic E-state index is 12.5. The van der Waals surface area contributed by atoms with Crippen LogP contribution in [0.5, 0.6) is 0 Å². The third-order valence-corrected chi connectivity index (χ3v) is 3.75. The standard InChI is InChI=1S/C18H26N4O4/c1-2-3-4-5-6-10-13-15(23)21-22(18(26)16(24)20-19)17(25)14-11-8-7-9-12-14/h7-9,11-12H,2-6,10,13,19H2,1H3,(H,20,24)(H,21,23). The fourth-order valence-corrected chi connectivity index (χ4v) is 2.31. The normalized spacial score (nSPS) is 10.1. The van der Waals surface area contributed by atoms with Crippen molar-refractivity contribution in [1.82, 2.24) is 15.9 Å². The van der Waals surface area contributed by atoms with Crippen molar-refractivity contribution < 1.29 is 19.2 Å². The molecular weight excluding hydrogens is 336 g/mol. The molecule has 0 saturated carbocycles. The molecule has 0 radical (unpaired) electrons. The van der Waals surface area contributed by atoms with Gasteiger partial charge in [-0.3, -0.25) is 30.0 Å². The third kappa shape index (κ3) is 7.02. The second kappa shape index (κ2) is 11.8. The highest BCUT2D eigenvalue weighted by molar-refractivity contribution is 6.38. The first kappa shape index (κ1) is 21.3. The van der Waals surface area contributed by atoms with Gasteiger partial charge in [-0.2, -0.15) is 5.01 Å². The van der Waals surface area contributed by atoms with Crippen LogP contribution in [-0.2, 0) is 14.4 Å². The van der Waals surface area contributed by atoms with Gasteiger partial charge >= 0.3 is 11.8 Å². The Morgan fingerprint density at radius 3 is 2.19 bits per heavy atom. The summed E-state index contributed by atoms with van der Waals surface area (Å²) in [4.78, 5) is 48.1. The Bertz CT molecular complexity index is 619. The van der Waals surface area contributed by atoms with Crippen LogP contribution in [0.3, 0.4) is 0 Å². The van der Waals surface area contributed by atoms with Crippen molar-refractivity contribution in [3.8, 4) is 0 Å². The average Bonchev–Trinajstić information content (AvgIpc) is 2.67. The maximum atomic E-state index is 12.5. The van der Waals surface area contributed by atoms with Crippen LogP contribution in [0, 0.1) is 0 Å². The van der Waals surface area contributed by atoms with Gasteiger partial charge in [0.2, 0.25) is 5.91 Å². The molecule has 1 aromatic carbocycles. The van der Waals surface area contributed by atoms with Gasteiger partial charge in [0.1, 0.15) is 0 Å². The molecule has 26 heavy (non-hydrogen) atoms. The highest BCUT2D eigenvalue weighted by atomic mass is 16.2. The van der Waals surface area contributed by atoms with Gasteiger partial charge in [0.25, 0.3) is 5.91 Å². The van der Waals surface area contributed by atoms with Gasteiger partial charge in [0, 0.05) is 12.0 Å². The molecule has 4 N–H and O–H groups in total. The molecule has 1 aromatic rings. The zero-order chi connectivity index (χ0) is 19.4. The summed E-state index contributed by atoms with van der Waals surface area (Å²) < 4.78 is 0. The molecule has 8 heteroatoms. The maximum Gasteiger partial charge on any atom is 0.339 e. The lowest BCUT2D eigenvalue weighted by atomic mass is 10.1. The van der Waals surface area contributed by atoms with Crippen molar-refractivity contribution in [3.63, 3.8) is 0 Å². The van der Waals surface area contributed by atoms with Crippen LogP contribution in [0.2, 0.25) is 0 Å². The molecule has 0 spiro atoms. The number of benzene rings is 1. The summed E-state index contributed by atoms with van der Waals surface area (Å²) in [5, 5.41) is 0.400. The average molecular weight is 362 g/mol. The molecular formula is C18H26N4O4. The summed E-state index contributed by atoms with van der Waals surface area (Å²) in [6.07, 6.45) is 6.13. The van der Waals surface area contributed by atoms with Gasteiger partial charge in [-0.25, -0.2) is 5.84 Å². The number of nitrogens with two attached hydrogens (primary N) is 1. The number of carbonyl (C=O) groups is 4. The Morgan fingerprint density at radius 2 is 1.58 bits per heavy atom. The van der Waals surface area contributed by atoms with Crippen molar-refractivity contribution in [2.45, 2.75) is 51.9 Å². The zero-order valence-electron chi connectivity index (χ0n) is 15.0. The molecule has 0 aliphatic rings. The number of hydrogen-bond acceptors (Lipinski definition) is 5. The van der Waals surface area contributed by atoms with Gasteiger partial charge in [0.15, 0.2) is 0 Å². The molecule has 0 atom stereocenters. The minimum Gasteiger partial charge on any atom is -0.286 e. The number of hydrazine groups is 2. The van der Waals surface area contributed by atoms with E-state index in [-0.39, 0.29) is 12.0 Å². The van der Waals surface area contributed by atoms with Gasteiger partial charge in [-0.05, 0) is 18.6 Å². The number of rotatable bonds is 8. The van der Waals surface area contributed by atoms with Crippen molar-refractivity contribution >= 4 is 23.6 Å². The predicted molar refractivity (Wildman–Crippen MR) is 96.1 cm³/mol. The fraction of sp³-hybridized carbons (Fsp3) is 0.444. The summed E-state index contributed by atoms with van der Waals surface area (Å²) in [7, 11) is 0. The molecule has 0 heterocycles. The summed E-state index contributed by atoms with van der Waals surface area (Å²) in [5.41, 5.74) is 4.03. The first-order valence-electron chi connectivity index (χ1n) is 8.75. The summed E-state index contributed by atoms with van der Waals surface area (Å²) >= 11 is 0. The van der Waals surface area contributed by atoms with Gasteiger partial charge in [-0.1, -0.05) is 57.2 Å². The Balaban J connectivity index is 2.68. The van der Waals surface area contributed by atoms with Crippen molar-refractivity contribution in [2.75, 3.05) is 0 Å². The van der Waals surface area contributed by atoms with Crippen LogP contribution in [0.4, 0.5) is 0 Å². The second-order valence-electron chi connectivity index (χ2n) is 5.84. The van der Waals surface area contributed by atoms with E-state index in [4.69, 9.17) is 5.84 Å². The molecule has 142 valence electrons. The lowest BCUT2D eigenvalue weighted by molar-refractivity contribution is -0.148. The van der Waals surface area contributed by atoms with E-state index in [0.717, 1.165) is 32.1 Å². The van der Waals surface area contributed by atoms with Crippen LogP contribution in [0.15, 0.2) is 30.3 Å². The Kier molecular flexibility index (Phi) is 9.63. The fourth-order valence-electron chi connectivity index (χ4n) is 2.31. The first-order valence-corrected chi connectivity index (χ1v) is 8.75. The number of unbranched alkanes of at least 4 members (excludes halogenated alkanes) is 5. The molecule has 0 aromatic heterocycles. The summed E-state index contributed by atoms with van der Waals surface area (Å²) in [6.45, 7) is 2.13. The minimum absolute atomic E-state index is 0.155. The third-order valence-electron chi connectivity index (χ3n) is 3.75. The van der Waals surface area contributed by atoms with Gasteiger partial charge in [-0.15, -0.1) is 0 Å². The van der Waals surface area contributed by atoms with E-state index >= 15 is 0 Å². The van der Waals surface area contributed by atoms with E-state index in [1.807, 2.05) is 0 Å². The minimum atomic E-state index is -1.25. The van der Waals surface area contributed by atoms with Gasteiger partial charge in [0.05, 0.1) is 0 Å². The van der Waals surface area contributed by atoms with Crippen LogP contribution >= 0.6 is 0 Å². The molecule has 8 nitrogen and oxygen atoms in total. The number of nitrogens with zero attached hydrogens (tertiary/aromatic N) is 1. The molecule has 4 amide bonds. The molecule has 0 bridgehead atoms. The first-order chi connectivity index (χ1) is 12.5. The Hall–Kier alpha value is -2.74. The van der Waals surface area contributed by atoms with Crippen LogP contribution in [0.25, 0.3) is 0 Å². The van der Waals surface area contributed by atoms with E-state index < -0.39 is 23.6 Å². The second-order valence-corrected chi connectivity index (χ2v) is 5.84. The van der Waals surface area contributed by atoms with Crippen molar-refractivity contribution in [2.24, 2.45) is 5.84 Å². The number of nitrogens with one attached hydrogen (secondary N) is 2. The van der Waals surface area contributed by atoms with Crippen molar-refractivity contribution in [3.05, 3.63) is 35.9 Å². The van der Waals surface area contributed by atoms with Crippen LogP contribution in [0.1, 0.15) is 62.2 Å². The zero-order valence-corrected chi connectivity index (χ0v) is 15.0. The highest BCUT2D eigenvalue weighted by Gasteiger charge is 2.29. The number of carbonyl (C=O) groups excluding carboxylic acids is 4. The molecule has 1 rings (SSSR count). The Labute approximate surface area is 153 Å². The topological polar surface area (TPSA) is 122 Å². The molecule has 0 fully saturated rings. The van der Waals surface area contributed by atoms with E-state index in [0.29, 0.717) is 11.4 Å². The smallest absolute Gasteiger partial charge is 0.286 e. The van der Waals surface area contributed by atoms with E-state index in [2.05, 4.69) is 12.3 Å². The number of amides is 4. The summed E-state index contributed by atoms with van der Waals surface area (Å²) in [6, 6.07) is 7.87.